The van der Waals surface area contributed by atoms with Gasteiger partial charge in [-0.3, -0.25) is 4.79 Å². The zero-order valence-corrected chi connectivity index (χ0v) is 12.7. The summed E-state index contributed by atoms with van der Waals surface area (Å²) in [6.07, 6.45) is 2.26. The summed E-state index contributed by atoms with van der Waals surface area (Å²) in [6, 6.07) is 7.99. The first-order valence-corrected chi connectivity index (χ1v) is 9.19. The highest BCUT2D eigenvalue weighted by molar-refractivity contribution is 7.91. The smallest absolute Gasteiger partial charge is 0.227 e. The molecule has 1 atom stereocenters. The van der Waals surface area contributed by atoms with Crippen LogP contribution in [-0.2, 0) is 21.2 Å². The van der Waals surface area contributed by atoms with Crippen molar-refractivity contribution in [2.45, 2.75) is 31.8 Å². The van der Waals surface area contributed by atoms with Crippen LogP contribution in [0, 0.1) is 0 Å². The van der Waals surface area contributed by atoms with E-state index in [0.717, 1.165) is 24.2 Å². The van der Waals surface area contributed by atoms with E-state index < -0.39 is 9.84 Å². The quantitative estimate of drug-likeness (QED) is 0.904. The third-order valence-electron chi connectivity index (χ3n) is 4.15. The Morgan fingerprint density at radius 2 is 2.00 bits per heavy atom. The van der Waals surface area contributed by atoms with Gasteiger partial charge < -0.3 is 10.2 Å². The van der Waals surface area contributed by atoms with Gasteiger partial charge in [0.05, 0.1) is 11.5 Å². The molecular weight excluding hydrogens is 288 g/mol. The van der Waals surface area contributed by atoms with Gasteiger partial charge in [-0.05, 0) is 30.5 Å². The molecule has 6 heteroatoms. The molecule has 2 aliphatic rings. The van der Waals surface area contributed by atoms with Gasteiger partial charge in [0.1, 0.15) is 0 Å². The van der Waals surface area contributed by atoms with Crippen LogP contribution in [0.3, 0.4) is 0 Å². The number of nitrogens with one attached hydrogen (secondary N) is 1. The van der Waals surface area contributed by atoms with Crippen LogP contribution in [0.15, 0.2) is 24.3 Å². The minimum Gasteiger partial charge on any atom is -0.312 e. The lowest BCUT2D eigenvalue weighted by Crippen LogP contribution is -2.29. The van der Waals surface area contributed by atoms with Gasteiger partial charge in [0.25, 0.3) is 0 Å². The van der Waals surface area contributed by atoms with Crippen LogP contribution >= 0.6 is 0 Å². The maximum atomic E-state index is 11.7. The first-order chi connectivity index (χ1) is 10.0. The highest BCUT2D eigenvalue weighted by Gasteiger charge is 2.27. The van der Waals surface area contributed by atoms with Gasteiger partial charge in [-0.15, -0.1) is 0 Å². The summed E-state index contributed by atoms with van der Waals surface area (Å²) < 4.78 is 22.8. The maximum Gasteiger partial charge on any atom is 0.227 e. The number of amides is 1. The van der Waals surface area contributed by atoms with Crippen molar-refractivity contribution in [2.24, 2.45) is 0 Å². The Hall–Kier alpha value is -1.40. The molecule has 0 saturated carbocycles. The second kappa shape index (κ2) is 5.77. The summed E-state index contributed by atoms with van der Waals surface area (Å²) in [6.45, 7) is 1.46. The number of hydrogen-bond donors (Lipinski definition) is 1. The van der Waals surface area contributed by atoms with Crippen LogP contribution in [0.5, 0.6) is 0 Å². The molecule has 3 rings (SSSR count). The van der Waals surface area contributed by atoms with E-state index in [1.165, 1.54) is 0 Å². The number of nitrogens with zero attached hydrogens (tertiary/aromatic N) is 1. The molecule has 1 amide bonds. The number of rotatable bonds is 4. The van der Waals surface area contributed by atoms with Gasteiger partial charge in [-0.1, -0.05) is 12.1 Å². The van der Waals surface area contributed by atoms with Crippen LogP contribution < -0.4 is 10.2 Å². The molecule has 2 heterocycles. The lowest BCUT2D eigenvalue weighted by molar-refractivity contribution is -0.117. The van der Waals surface area contributed by atoms with E-state index in [1.54, 1.807) is 0 Å². The average Bonchev–Trinajstić information content (AvgIpc) is 3.03. The molecule has 1 aromatic rings. The molecule has 0 aromatic heterocycles. The summed E-state index contributed by atoms with van der Waals surface area (Å²) in [5.41, 5.74) is 2.05. The van der Waals surface area contributed by atoms with Crippen molar-refractivity contribution in [1.82, 2.24) is 5.32 Å². The molecular formula is C15H20N2O3S. The standard InChI is InChI=1S/C15H20N2O3S/c18-15-2-1-8-17(15)14-5-3-12(4-6-14)10-16-13-7-9-21(19,20)11-13/h3-6,13,16H,1-2,7-11H2. The largest absolute Gasteiger partial charge is 0.312 e. The van der Waals surface area contributed by atoms with Crippen molar-refractivity contribution in [1.29, 1.82) is 0 Å². The summed E-state index contributed by atoms with van der Waals surface area (Å²) in [5.74, 6) is 0.727. The van der Waals surface area contributed by atoms with Crippen LogP contribution in [0.25, 0.3) is 0 Å². The summed E-state index contributed by atoms with van der Waals surface area (Å²) in [7, 11) is -2.83. The minimum absolute atomic E-state index is 0.0647. The Morgan fingerprint density at radius 3 is 2.57 bits per heavy atom. The second-order valence-electron chi connectivity index (χ2n) is 5.80. The third-order valence-corrected chi connectivity index (χ3v) is 5.92. The molecule has 2 aliphatic heterocycles. The summed E-state index contributed by atoms with van der Waals surface area (Å²) >= 11 is 0. The number of carbonyl (C=O) groups excluding carboxylic acids is 1. The fraction of sp³-hybridized carbons (Fsp3) is 0.533. The molecule has 114 valence electrons. The van der Waals surface area contributed by atoms with E-state index in [0.29, 0.717) is 25.1 Å². The zero-order valence-electron chi connectivity index (χ0n) is 11.9. The highest BCUT2D eigenvalue weighted by atomic mass is 32.2. The summed E-state index contributed by atoms with van der Waals surface area (Å²) in [4.78, 5) is 13.5. The first-order valence-electron chi connectivity index (χ1n) is 7.37. The Bertz CT molecular complexity index is 625. The SMILES string of the molecule is O=C1CCCN1c1ccc(CNC2CCS(=O)(=O)C2)cc1. The number of sulfone groups is 1. The van der Waals surface area contributed by atoms with Gasteiger partial charge >= 0.3 is 0 Å². The number of hydrogen-bond acceptors (Lipinski definition) is 4. The van der Waals surface area contributed by atoms with Crippen molar-refractivity contribution < 1.29 is 13.2 Å². The third kappa shape index (κ3) is 3.44. The number of benzene rings is 1. The fourth-order valence-electron chi connectivity index (χ4n) is 2.93. The van der Waals surface area contributed by atoms with Crippen LogP contribution in [-0.4, -0.2) is 38.4 Å². The lowest BCUT2D eigenvalue weighted by Gasteiger charge is -2.16. The van der Waals surface area contributed by atoms with Crippen molar-refractivity contribution in [3.05, 3.63) is 29.8 Å². The molecule has 1 N–H and O–H groups in total. The predicted molar refractivity (Wildman–Crippen MR) is 81.9 cm³/mol. The van der Waals surface area contributed by atoms with Gasteiger partial charge in [0, 0.05) is 31.2 Å². The van der Waals surface area contributed by atoms with Gasteiger partial charge in [-0.25, -0.2) is 8.42 Å². The molecule has 2 saturated heterocycles. The van der Waals surface area contributed by atoms with E-state index in [4.69, 9.17) is 0 Å². The van der Waals surface area contributed by atoms with Crippen LogP contribution in [0.1, 0.15) is 24.8 Å². The Balaban J connectivity index is 1.56. The topological polar surface area (TPSA) is 66.5 Å². The molecule has 2 fully saturated rings. The average molecular weight is 308 g/mol. The molecule has 0 spiro atoms. The fourth-order valence-corrected chi connectivity index (χ4v) is 4.64. The van der Waals surface area contributed by atoms with E-state index >= 15 is 0 Å². The van der Waals surface area contributed by atoms with Crippen molar-refractivity contribution >= 4 is 21.4 Å². The van der Waals surface area contributed by atoms with E-state index in [1.807, 2.05) is 29.2 Å². The van der Waals surface area contributed by atoms with Crippen molar-refractivity contribution in [2.75, 3.05) is 23.0 Å². The van der Waals surface area contributed by atoms with Gasteiger partial charge in [0.15, 0.2) is 9.84 Å². The highest BCUT2D eigenvalue weighted by Crippen LogP contribution is 2.21. The van der Waals surface area contributed by atoms with E-state index in [9.17, 15) is 13.2 Å². The number of carbonyl (C=O) groups is 1. The van der Waals surface area contributed by atoms with Crippen LogP contribution in [0.2, 0.25) is 0 Å². The second-order valence-corrected chi connectivity index (χ2v) is 8.02. The lowest BCUT2D eigenvalue weighted by atomic mass is 10.1. The Morgan fingerprint density at radius 1 is 1.24 bits per heavy atom. The van der Waals surface area contributed by atoms with Crippen molar-refractivity contribution in [3.8, 4) is 0 Å². The molecule has 0 aliphatic carbocycles. The minimum atomic E-state index is -2.83. The van der Waals surface area contributed by atoms with E-state index in [-0.39, 0.29) is 17.7 Å². The molecule has 1 unspecified atom stereocenters. The first kappa shape index (κ1) is 14.5. The Kier molecular flexibility index (Phi) is 3.99. The monoisotopic (exact) mass is 308 g/mol. The van der Waals surface area contributed by atoms with Crippen molar-refractivity contribution in [3.63, 3.8) is 0 Å². The molecule has 5 nitrogen and oxygen atoms in total. The van der Waals surface area contributed by atoms with Gasteiger partial charge in [0.2, 0.25) is 5.91 Å². The van der Waals surface area contributed by atoms with E-state index in [2.05, 4.69) is 5.32 Å². The van der Waals surface area contributed by atoms with Gasteiger partial charge in [-0.2, -0.15) is 0 Å². The predicted octanol–water partition coefficient (Wildman–Crippen LogP) is 1.09. The number of anilines is 1. The summed E-state index contributed by atoms with van der Waals surface area (Å²) in [5, 5.41) is 3.29. The Labute approximate surface area is 125 Å². The maximum absolute atomic E-state index is 11.7. The molecule has 21 heavy (non-hydrogen) atoms. The molecule has 0 bridgehead atoms. The van der Waals surface area contributed by atoms with Crippen LogP contribution in [0.4, 0.5) is 5.69 Å². The zero-order chi connectivity index (χ0) is 14.9. The molecule has 1 aromatic carbocycles. The normalized spacial score (nSPS) is 24.7. The molecule has 0 radical (unpaired) electrons.